The van der Waals surface area contributed by atoms with Crippen LogP contribution in [0.1, 0.15) is 24.0 Å². The van der Waals surface area contributed by atoms with Crippen LogP contribution >= 0.6 is 0 Å². The van der Waals surface area contributed by atoms with E-state index in [2.05, 4.69) is 16.3 Å². The van der Waals surface area contributed by atoms with Gasteiger partial charge in [0.15, 0.2) is 11.5 Å². The molecule has 158 valence electrons. The highest BCUT2D eigenvalue weighted by Gasteiger charge is 2.37. The molecule has 0 radical (unpaired) electrons. The summed E-state index contributed by atoms with van der Waals surface area (Å²) in [6.07, 6.45) is 0. The maximum atomic E-state index is 9.92. The highest BCUT2D eigenvalue weighted by Crippen LogP contribution is 2.49. The van der Waals surface area contributed by atoms with Crippen LogP contribution in [0.3, 0.4) is 0 Å². The first-order valence-electron chi connectivity index (χ1n) is 9.72. The zero-order valence-corrected chi connectivity index (χ0v) is 17.4. The third-order valence-electron chi connectivity index (χ3n) is 5.14. The number of nitrogens with zero attached hydrogens (tertiary/aromatic N) is 2. The number of nitrogens with one attached hydrogen (secondary N) is 1. The number of fused-ring (bicyclic) bond motifs is 1. The van der Waals surface area contributed by atoms with Crippen LogP contribution in [0, 0.1) is 11.3 Å². The highest BCUT2D eigenvalue weighted by molar-refractivity contribution is 5.72. The quantitative estimate of drug-likeness (QED) is 0.627. The fourth-order valence-electron chi connectivity index (χ4n) is 3.80. The van der Waals surface area contributed by atoms with Crippen LogP contribution in [0.15, 0.2) is 53.9 Å². The summed E-state index contributed by atoms with van der Waals surface area (Å²) in [5, 5.41) is 17.3. The minimum Gasteiger partial charge on any atom is -0.494 e. The molecule has 3 aromatic rings. The molecule has 0 unspecified atom stereocenters. The Morgan fingerprint density at radius 2 is 1.94 bits per heavy atom. The zero-order chi connectivity index (χ0) is 22.0. The molecule has 8 nitrogen and oxygen atoms in total. The predicted octanol–water partition coefficient (Wildman–Crippen LogP) is 3.71. The van der Waals surface area contributed by atoms with E-state index in [1.165, 1.54) is 0 Å². The summed E-state index contributed by atoms with van der Waals surface area (Å²) in [7, 11) is 3.12. The normalized spacial score (nSPS) is 15.0. The first-order chi connectivity index (χ1) is 15.1. The maximum Gasteiger partial charge on any atom is 0.244 e. The molecule has 3 N–H and O–H groups in total. The van der Waals surface area contributed by atoms with Crippen LogP contribution in [0.25, 0.3) is 11.3 Å². The Morgan fingerprint density at radius 1 is 1.16 bits per heavy atom. The van der Waals surface area contributed by atoms with Gasteiger partial charge in [0.05, 0.1) is 38.0 Å². The average Bonchev–Trinajstić information content (AvgIpc) is 3.21. The molecule has 2 aromatic carbocycles. The van der Waals surface area contributed by atoms with Crippen molar-refractivity contribution in [3.05, 3.63) is 65.0 Å². The Morgan fingerprint density at radius 3 is 2.58 bits per heavy atom. The van der Waals surface area contributed by atoms with E-state index in [0.29, 0.717) is 35.2 Å². The molecule has 0 aliphatic carbocycles. The number of benzene rings is 2. The van der Waals surface area contributed by atoms with Crippen LogP contribution < -0.4 is 24.7 Å². The molecule has 1 aromatic heterocycles. The van der Waals surface area contributed by atoms with E-state index in [4.69, 9.17) is 24.7 Å². The van der Waals surface area contributed by atoms with Crippen molar-refractivity contribution in [1.82, 2.24) is 10.2 Å². The van der Waals surface area contributed by atoms with Gasteiger partial charge in [-0.1, -0.05) is 12.1 Å². The molecule has 1 aliphatic rings. The largest absolute Gasteiger partial charge is 0.494 e. The van der Waals surface area contributed by atoms with Crippen molar-refractivity contribution in [2.24, 2.45) is 5.73 Å². The Labute approximate surface area is 179 Å². The van der Waals surface area contributed by atoms with Gasteiger partial charge in [-0.05, 0) is 37.3 Å². The minimum absolute atomic E-state index is 0.00890. The number of allylic oxidation sites excluding steroid dienone is 1. The lowest BCUT2D eigenvalue weighted by Crippen LogP contribution is -2.21. The smallest absolute Gasteiger partial charge is 0.244 e. The number of aromatic amines is 1. The van der Waals surface area contributed by atoms with Crippen molar-refractivity contribution in [2.75, 3.05) is 20.8 Å². The van der Waals surface area contributed by atoms with Crippen molar-refractivity contribution in [2.45, 2.75) is 12.8 Å². The number of methoxy groups -OCH3 is 2. The summed E-state index contributed by atoms with van der Waals surface area (Å²) in [5.41, 5.74) is 9.36. The van der Waals surface area contributed by atoms with Gasteiger partial charge >= 0.3 is 0 Å². The lowest BCUT2D eigenvalue weighted by Gasteiger charge is -2.26. The van der Waals surface area contributed by atoms with Crippen LogP contribution in [0.4, 0.5) is 0 Å². The molecule has 4 rings (SSSR count). The van der Waals surface area contributed by atoms with Gasteiger partial charge in [0.25, 0.3) is 0 Å². The first kappa shape index (κ1) is 20.2. The van der Waals surface area contributed by atoms with Gasteiger partial charge in [0.2, 0.25) is 11.8 Å². The van der Waals surface area contributed by atoms with E-state index < -0.39 is 5.92 Å². The number of nitriles is 1. The SMILES string of the molecule is CCOc1ccc(-c2[nH]nc3c2[C@H](c2cccc(OC)c2OC)C(C#N)=C(N)O3)cc1. The number of para-hydroxylation sites is 1. The number of hydrogen-bond acceptors (Lipinski definition) is 7. The molecule has 0 saturated heterocycles. The Bertz CT molecular complexity index is 1180. The number of nitrogens with two attached hydrogens (primary N) is 1. The van der Waals surface area contributed by atoms with E-state index in [1.54, 1.807) is 20.3 Å². The number of ether oxygens (including phenoxy) is 4. The Hall–Kier alpha value is -4.12. The minimum atomic E-state index is -0.556. The number of hydrogen-bond donors (Lipinski definition) is 2. The standard InChI is InChI=1S/C23H22N4O4/c1-4-30-14-10-8-13(9-11-14)20-19-18(15-6-5-7-17(28-2)21(15)29-3)16(12-24)22(25)31-23(19)27-26-20/h5-11,18H,4,25H2,1-3H3,(H,26,27)/t18-/m1/s1. The Balaban J connectivity index is 1.92. The van der Waals surface area contributed by atoms with Crippen molar-refractivity contribution in [1.29, 1.82) is 5.26 Å². The van der Waals surface area contributed by atoms with Gasteiger partial charge in [-0.15, -0.1) is 5.10 Å². The van der Waals surface area contributed by atoms with E-state index in [0.717, 1.165) is 16.9 Å². The molecule has 0 bridgehead atoms. The van der Waals surface area contributed by atoms with Crippen molar-refractivity contribution in [3.63, 3.8) is 0 Å². The second-order valence-electron chi connectivity index (χ2n) is 6.78. The molecule has 0 saturated carbocycles. The van der Waals surface area contributed by atoms with Crippen LogP contribution in [-0.4, -0.2) is 31.0 Å². The van der Waals surface area contributed by atoms with Crippen molar-refractivity contribution >= 4 is 0 Å². The van der Waals surface area contributed by atoms with Gasteiger partial charge in [0.1, 0.15) is 17.4 Å². The second kappa shape index (κ2) is 8.32. The summed E-state index contributed by atoms with van der Waals surface area (Å²) < 4.78 is 22.3. The molecule has 0 spiro atoms. The van der Waals surface area contributed by atoms with Gasteiger partial charge < -0.3 is 24.7 Å². The third-order valence-corrected chi connectivity index (χ3v) is 5.14. The van der Waals surface area contributed by atoms with E-state index in [9.17, 15) is 5.26 Å². The predicted molar refractivity (Wildman–Crippen MR) is 114 cm³/mol. The molecular weight excluding hydrogens is 396 g/mol. The molecule has 0 amide bonds. The summed E-state index contributed by atoms with van der Waals surface area (Å²) in [4.78, 5) is 0. The number of H-pyrrole nitrogens is 1. The number of rotatable bonds is 6. The van der Waals surface area contributed by atoms with E-state index in [1.807, 2.05) is 43.3 Å². The zero-order valence-electron chi connectivity index (χ0n) is 17.4. The lowest BCUT2D eigenvalue weighted by molar-refractivity contribution is 0.340. The molecule has 0 fully saturated rings. The Kier molecular flexibility index (Phi) is 5.41. The van der Waals surface area contributed by atoms with Gasteiger partial charge in [-0.3, -0.25) is 5.10 Å². The topological polar surface area (TPSA) is 115 Å². The van der Waals surface area contributed by atoms with E-state index in [-0.39, 0.29) is 11.5 Å². The fourth-order valence-corrected chi connectivity index (χ4v) is 3.80. The van der Waals surface area contributed by atoms with Crippen LogP contribution in [-0.2, 0) is 0 Å². The average molecular weight is 418 g/mol. The van der Waals surface area contributed by atoms with Crippen LogP contribution in [0.2, 0.25) is 0 Å². The molecule has 1 aliphatic heterocycles. The third kappa shape index (κ3) is 3.40. The summed E-state index contributed by atoms with van der Waals surface area (Å²) >= 11 is 0. The van der Waals surface area contributed by atoms with Gasteiger partial charge in [-0.2, -0.15) is 5.26 Å². The number of aromatic nitrogens is 2. The van der Waals surface area contributed by atoms with Gasteiger partial charge in [-0.25, -0.2) is 0 Å². The molecule has 1 atom stereocenters. The monoisotopic (exact) mass is 418 g/mol. The maximum absolute atomic E-state index is 9.92. The van der Waals surface area contributed by atoms with Crippen molar-refractivity contribution < 1.29 is 18.9 Å². The first-order valence-corrected chi connectivity index (χ1v) is 9.72. The summed E-state index contributed by atoms with van der Waals surface area (Å²) in [6.45, 7) is 2.52. The van der Waals surface area contributed by atoms with Crippen LogP contribution in [0.5, 0.6) is 23.1 Å². The molecule has 31 heavy (non-hydrogen) atoms. The molecule has 8 heteroatoms. The second-order valence-corrected chi connectivity index (χ2v) is 6.78. The summed E-state index contributed by atoms with van der Waals surface area (Å²) in [5.74, 6) is 1.60. The molecular formula is C23H22N4O4. The van der Waals surface area contributed by atoms with Gasteiger partial charge in [0, 0.05) is 11.1 Å². The lowest BCUT2D eigenvalue weighted by atomic mass is 9.82. The fraction of sp³-hybridized carbons (Fsp3) is 0.217. The summed E-state index contributed by atoms with van der Waals surface area (Å²) in [6, 6.07) is 15.3. The van der Waals surface area contributed by atoms with E-state index >= 15 is 0 Å². The highest BCUT2D eigenvalue weighted by atomic mass is 16.5. The molecule has 2 heterocycles. The van der Waals surface area contributed by atoms with Crippen molar-refractivity contribution in [3.8, 4) is 40.5 Å².